The van der Waals surface area contributed by atoms with Gasteiger partial charge in [-0.3, -0.25) is 4.79 Å². The Morgan fingerprint density at radius 2 is 1.97 bits per heavy atom. The first-order valence-electron chi connectivity index (χ1n) is 10.0. The van der Waals surface area contributed by atoms with E-state index < -0.39 is 0 Å². The summed E-state index contributed by atoms with van der Waals surface area (Å²) in [6, 6.07) is 11.7. The van der Waals surface area contributed by atoms with E-state index in [1.54, 1.807) is 7.11 Å². The second-order valence-corrected chi connectivity index (χ2v) is 9.17. The van der Waals surface area contributed by atoms with Crippen molar-refractivity contribution >= 4 is 40.0 Å². The third-order valence-electron chi connectivity index (χ3n) is 4.73. The van der Waals surface area contributed by atoms with E-state index in [0.717, 1.165) is 11.3 Å². The Balaban J connectivity index is 1.66. The molecule has 3 rings (SSSR count). The normalized spacial score (nSPS) is 10.5. The number of thioether (sulfide) groups is 1. The van der Waals surface area contributed by atoms with Gasteiger partial charge in [-0.15, -0.1) is 23.1 Å². The molecule has 0 saturated heterocycles. The molecule has 2 aromatic heterocycles. The first kappa shape index (κ1) is 24.1. The lowest BCUT2D eigenvalue weighted by molar-refractivity contribution is -0.115. The number of thiazole rings is 1. The average Bonchev–Trinajstić information content (AvgIpc) is 3.26. The molecule has 0 atom stereocenters. The van der Waals surface area contributed by atoms with Gasteiger partial charge in [-0.25, -0.2) is 9.97 Å². The number of carbonyl (C=O) groups excluding carboxylic acids is 1. The molecule has 33 heavy (non-hydrogen) atoms. The van der Waals surface area contributed by atoms with Crippen molar-refractivity contribution in [2.75, 3.05) is 23.9 Å². The highest BCUT2D eigenvalue weighted by atomic mass is 32.2. The zero-order valence-corrected chi connectivity index (χ0v) is 20.0. The van der Waals surface area contributed by atoms with E-state index in [-0.39, 0.29) is 29.6 Å². The molecule has 0 aliphatic carbocycles. The highest BCUT2D eigenvalue weighted by molar-refractivity contribution is 7.99. The molecule has 0 radical (unpaired) electrons. The summed E-state index contributed by atoms with van der Waals surface area (Å²) in [5, 5.41) is 24.6. The van der Waals surface area contributed by atoms with Gasteiger partial charge in [0.15, 0.2) is 5.13 Å². The van der Waals surface area contributed by atoms with Gasteiger partial charge in [0.25, 0.3) is 0 Å². The molecule has 168 valence electrons. The molecule has 0 fully saturated rings. The van der Waals surface area contributed by atoms with Crippen LogP contribution in [0, 0.1) is 22.7 Å². The van der Waals surface area contributed by atoms with Gasteiger partial charge in [0.1, 0.15) is 28.7 Å². The van der Waals surface area contributed by atoms with E-state index in [9.17, 15) is 15.3 Å². The van der Waals surface area contributed by atoms with Gasteiger partial charge in [0, 0.05) is 23.1 Å². The number of rotatable bonds is 8. The molecule has 3 N–H and O–H groups in total. The fourth-order valence-corrected chi connectivity index (χ4v) is 4.91. The van der Waals surface area contributed by atoms with Crippen LogP contribution in [0.25, 0.3) is 11.3 Å². The highest BCUT2D eigenvalue weighted by Crippen LogP contribution is 2.34. The van der Waals surface area contributed by atoms with E-state index in [0.29, 0.717) is 32.8 Å². The fraction of sp³-hybridized carbons (Fsp3) is 0.261. The number of aromatic nitrogens is 2. The van der Waals surface area contributed by atoms with Gasteiger partial charge in [0.05, 0.1) is 23.9 Å². The van der Waals surface area contributed by atoms with Crippen molar-refractivity contribution < 1.29 is 9.53 Å². The minimum absolute atomic E-state index is 0.0652. The molecular weight excluding hydrogens is 456 g/mol. The fourth-order valence-electron chi connectivity index (χ4n) is 3.24. The number of hydrogen-bond donors (Lipinski definition) is 2. The van der Waals surface area contributed by atoms with Crippen molar-refractivity contribution in [3.8, 4) is 29.1 Å². The quantitative estimate of drug-likeness (QED) is 0.441. The van der Waals surface area contributed by atoms with E-state index in [2.05, 4.69) is 21.4 Å². The number of nitrogens with one attached hydrogen (secondary N) is 1. The number of para-hydroxylation sites is 1. The Hall–Kier alpha value is -3.60. The van der Waals surface area contributed by atoms with Crippen molar-refractivity contribution in [3.05, 3.63) is 46.3 Å². The van der Waals surface area contributed by atoms with Crippen molar-refractivity contribution in [2.24, 2.45) is 0 Å². The van der Waals surface area contributed by atoms with Crippen LogP contribution in [-0.2, 0) is 4.79 Å². The second kappa shape index (κ2) is 10.8. The number of nitrogens with zero attached hydrogens (tertiary/aromatic N) is 4. The highest BCUT2D eigenvalue weighted by Gasteiger charge is 2.21. The van der Waals surface area contributed by atoms with Crippen LogP contribution in [0.4, 0.5) is 10.9 Å². The number of hydrogen-bond acceptors (Lipinski definition) is 9. The number of methoxy groups -OCH3 is 1. The van der Waals surface area contributed by atoms with Crippen LogP contribution in [0.5, 0.6) is 5.75 Å². The molecule has 2 heterocycles. The minimum atomic E-state index is -0.201. The summed E-state index contributed by atoms with van der Waals surface area (Å²) in [6.07, 6.45) is 0.192. The Kier molecular flexibility index (Phi) is 7.88. The van der Waals surface area contributed by atoms with Crippen LogP contribution in [-0.4, -0.2) is 28.7 Å². The number of ether oxygens (including phenoxy) is 1. The molecule has 10 heteroatoms. The van der Waals surface area contributed by atoms with Crippen LogP contribution in [0.3, 0.4) is 0 Å². The summed E-state index contributed by atoms with van der Waals surface area (Å²) in [6.45, 7) is 3.79. The van der Waals surface area contributed by atoms with Crippen LogP contribution in [0.2, 0.25) is 0 Å². The van der Waals surface area contributed by atoms with Crippen LogP contribution < -0.4 is 15.8 Å². The van der Waals surface area contributed by atoms with Crippen molar-refractivity contribution in [1.29, 1.82) is 10.5 Å². The summed E-state index contributed by atoms with van der Waals surface area (Å²) in [5.41, 5.74) is 8.68. The van der Waals surface area contributed by atoms with E-state index in [1.165, 1.54) is 23.1 Å². The molecule has 0 unspecified atom stereocenters. The molecule has 1 amide bonds. The topological polar surface area (TPSA) is 138 Å². The molecule has 0 aliphatic rings. The van der Waals surface area contributed by atoms with Gasteiger partial charge < -0.3 is 15.8 Å². The molecule has 1 aromatic carbocycles. The minimum Gasteiger partial charge on any atom is -0.496 e. The van der Waals surface area contributed by atoms with E-state index >= 15 is 0 Å². The second-order valence-electron chi connectivity index (χ2n) is 7.23. The summed E-state index contributed by atoms with van der Waals surface area (Å²) >= 11 is 2.60. The molecule has 3 aromatic rings. The van der Waals surface area contributed by atoms with Crippen molar-refractivity contribution in [2.45, 2.75) is 31.2 Å². The zero-order valence-electron chi connectivity index (χ0n) is 18.4. The molecular formula is C23H22N6O2S2. The lowest BCUT2D eigenvalue weighted by atomic mass is 9.94. The third-order valence-corrected chi connectivity index (χ3v) is 6.47. The third kappa shape index (κ3) is 5.43. The lowest BCUT2D eigenvalue weighted by Crippen LogP contribution is -2.12. The molecule has 0 spiro atoms. The van der Waals surface area contributed by atoms with Gasteiger partial charge in [-0.1, -0.05) is 26.0 Å². The number of nitrogens with two attached hydrogens (primary N) is 1. The predicted octanol–water partition coefficient (Wildman–Crippen LogP) is 4.78. The number of benzene rings is 1. The summed E-state index contributed by atoms with van der Waals surface area (Å²) in [5.74, 6) is 0.928. The molecule has 0 saturated carbocycles. The number of nitriles is 2. The van der Waals surface area contributed by atoms with Crippen LogP contribution in [0.1, 0.15) is 42.9 Å². The monoisotopic (exact) mass is 478 g/mol. The van der Waals surface area contributed by atoms with Crippen LogP contribution >= 0.6 is 23.1 Å². The summed E-state index contributed by atoms with van der Waals surface area (Å²) in [7, 11) is 1.60. The van der Waals surface area contributed by atoms with Gasteiger partial charge >= 0.3 is 0 Å². The molecule has 0 aliphatic heterocycles. The standard InChI is InChI=1S/C23H22N6O2S2/c1-13(2)20-15(10-24)21(26)29-22(16(20)11-25)32-9-8-19(30)28-23-27-17(12-33-23)14-6-4-5-7-18(14)31-3/h4-7,12-13H,8-9H2,1-3H3,(H2,26,29)(H,27,28,30). The maximum Gasteiger partial charge on any atom is 0.226 e. The predicted molar refractivity (Wildman–Crippen MR) is 130 cm³/mol. The van der Waals surface area contributed by atoms with Gasteiger partial charge in [-0.05, 0) is 23.6 Å². The van der Waals surface area contributed by atoms with Gasteiger partial charge in [0.2, 0.25) is 5.91 Å². The largest absolute Gasteiger partial charge is 0.496 e. The first-order chi connectivity index (χ1) is 15.9. The van der Waals surface area contributed by atoms with Crippen molar-refractivity contribution in [1.82, 2.24) is 9.97 Å². The van der Waals surface area contributed by atoms with E-state index in [1.807, 2.05) is 49.6 Å². The van der Waals surface area contributed by atoms with Crippen molar-refractivity contribution in [3.63, 3.8) is 0 Å². The average molecular weight is 479 g/mol. The number of amides is 1. The number of anilines is 2. The first-order valence-corrected chi connectivity index (χ1v) is 11.9. The summed E-state index contributed by atoms with van der Waals surface area (Å²) in [4.78, 5) is 21.1. The molecule has 8 nitrogen and oxygen atoms in total. The Labute approximate surface area is 200 Å². The maximum atomic E-state index is 12.4. The van der Waals surface area contributed by atoms with E-state index in [4.69, 9.17) is 10.5 Å². The zero-order chi connectivity index (χ0) is 24.0. The Morgan fingerprint density at radius 1 is 1.24 bits per heavy atom. The Bertz CT molecular complexity index is 1260. The maximum absolute atomic E-state index is 12.4. The number of nitrogen functional groups attached to an aromatic ring is 1. The molecule has 0 bridgehead atoms. The van der Waals surface area contributed by atoms with Crippen LogP contribution in [0.15, 0.2) is 34.7 Å². The van der Waals surface area contributed by atoms with Gasteiger partial charge in [-0.2, -0.15) is 10.5 Å². The number of pyridine rings is 1. The Morgan fingerprint density at radius 3 is 2.64 bits per heavy atom. The summed E-state index contributed by atoms with van der Waals surface area (Å²) < 4.78 is 5.37. The smallest absolute Gasteiger partial charge is 0.226 e. The lowest BCUT2D eigenvalue weighted by Gasteiger charge is -2.15. The SMILES string of the molecule is COc1ccccc1-c1csc(NC(=O)CCSc2nc(N)c(C#N)c(C(C)C)c2C#N)n1. The number of carbonyl (C=O) groups is 1.